The maximum Gasteiger partial charge on any atom is 1.00 e. The predicted octanol–water partition coefficient (Wildman–Crippen LogP) is -2.67. The third-order valence-electron chi connectivity index (χ3n) is 1.46. The molecule has 0 heterocycles. The summed E-state index contributed by atoms with van der Waals surface area (Å²) in [6, 6.07) is 0. The molecule has 1 fully saturated rings. The zero-order chi connectivity index (χ0) is 7.99. The van der Waals surface area contributed by atoms with Crippen LogP contribution in [0.2, 0.25) is 0 Å². The predicted molar refractivity (Wildman–Crippen MR) is 27.7 cm³/mol. The molecule has 0 aromatic heterocycles. The van der Waals surface area contributed by atoms with Gasteiger partial charge in [-0.2, -0.15) is 0 Å². The van der Waals surface area contributed by atoms with Crippen LogP contribution in [0, 0.1) is 0 Å². The van der Waals surface area contributed by atoms with Crippen molar-refractivity contribution < 1.29 is 73.1 Å². The van der Waals surface area contributed by atoms with E-state index in [1.165, 1.54) is 0 Å². The van der Waals surface area contributed by atoms with Crippen LogP contribution in [0.3, 0.4) is 0 Å². The number of hydrogen-bond donors (Lipinski definition) is 0. The van der Waals surface area contributed by atoms with E-state index in [1.807, 2.05) is 0 Å². The number of rotatable bonds is 1. The molecular formula is C4H5F2KO3S. The van der Waals surface area contributed by atoms with Crippen molar-refractivity contribution in [2.45, 2.75) is 24.0 Å². The molecule has 0 spiro atoms. The summed E-state index contributed by atoms with van der Waals surface area (Å²) in [6.45, 7) is 0. The Morgan fingerprint density at radius 1 is 1.36 bits per heavy atom. The van der Waals surface area contributed by atoms with Gasteiger partial charge < -0.3 is 4.55 Å². The molecule has 0 amide bonds. The number of alkyl halides is 2. The Balaban J connectivity index is 0.000001000. The normalized spacial score (nSPS) is 23.5. The van der Waals surface area contributed by atoms with Crippen LogP contribution in [0.15, 0.2) is 0 Å². The van der Waals surface area contributed by atoms with Crippen LogP contribution < -0.4 is 51.4 Å². The molecule has 7 heteroatoms. The SMILES string of the molecule is O=S(=O)([O-])C1CC(F)(F)C1.[K+]. The molecule has 11 heavy (non-hydrogen) atoms. The molecule has 0 aromatic carbocycles. The molecule has 0 radical (unpaired) electrons. The fourth-order valence-corrected chi connectivity index (χ4v) is 1.71. The largest absolute Gasteiger partial charge is 1.00 e. The van der Waals surface area contributed by atoms with Crippen LogP contribution >= 0.6 is 0 Å². The average molecular weight is 210 g/mol. The van der Waals surface area contributed by atoms with E-state index < -0.39 is 34.1 Å². The van der Waals surface area contributed by atoms with Gasteiger partial charge in [-0.25, -0.2) is 17.2 Å². The van der Waals surface area contributed by atoms with Gasteiger partial charge in [0.25, 0.3) is 5.92 Å². The van der Waals surface area contributed by atoms with Crippen molar-refractivity contribution in [3.63, 3.8) is 0 Å². The van der Waals surface area contributed by atoms with Crippen LogP contribution in [0.4, 0.5) is 8.78 Å². The van der Waals surface area contributed by atoms with E-state index in [0.29, 0.717) is 0 Å². The van der Waals surface area contributed by atoms with Gasteiger partial charge in [0.2, 0.25) is 0 Å². The van der Waals surface area contributed by atoms with Crippen molar-refractivity contribution in [3.05, 3.63) is 0 Å². The van der Waals surface area contributed by atoms with E-state index in [-0.39, 0.29) is 51.4 Å². The zero-order valence-electron chi connectivity index (χ0n) is 5.88. The van der Waals surface area contributed by atoms with Gasteiger partial charge >= 0.3 is 51.4 Å². The Labute approximate surface area is 106 Å². The third kappa shape index (κ3) is 3.33. The second-order valence-corrected chi connectivity index (χ2v) is 4.03. The minimum atomic E-state index is -4.47. The van der Waals surface area contributed by atoms with E-state index in [4.69, 9.17) is 0 Å². The first-order valence-electron chi connectivity index (χ1n) is 2.64. The van der Waals surface area contributed by atoms with Crippen molar-refractivity contribution >= 4 is 10.1 Å². The summed E-state index contributed by atoms with van der Waals surface area (Å²) in [5.74, 6) is -2.93. The van der Waals surface area contributed by atoms with Crippen molar-refractivity contribution in [1.82, 2.24) is 0 Å². The standard InChI is InChI=1S/C4H6F2O3S.K/c5-4(6)1-3(2-4)10(7,8)9;/h3H,1-2H2,(H,7,8,9);/q;+1/p-1. The van der Waals surface area contributed by atoms with E-state index in [0.717, 1.165) is 0 Å². The third-order valence-corrected chi connectivity index (χ3v) is 2.61. The monoisotopic (exact) mass is 210 g/mol. The summed E-state index contributed by atoms with van der Waals surface area (Å²) in [6.07, 6.45) is -1.61. The molecule has 1 aliphatic carbocycles. The van der Waals surface area contributed by atoms with Crippen molar-refractivity contribution in [2.24, 2.45) is 0 Å². The fraction of sp³-hybridized carbons (Fsp3) is 1.00. The molecule has 0 aliphatic heterocycles. The Bertz CT molecular complexity index is 230. The minimum absolute atomic E-state index is 0. The summed E-state index contributed by atoms with van der Waals surface area (Å²) in [7, 11) is -4.47. The Hall–Kier alpha value is 1.41. The van der Waals surface area contributed by atoms with Gasteiger partial charge in [0, 0.05) is 12.8 Å². The van der Waals surface area contributed by atoms with Crippen LogP contribution in [0.25, 0.3) is 0 Å². The Morgan fingerprint density at radius 2 is 1.73 bits per heavy atom. The fourth-order valence-electron chi connectivity index (χ4n) is 0.811. The second kappa shape index (κ2) is 3.65. The first kappa shape index (κ1) is 12.4. The summed E-state index contributed by atoms with van der Waals surface area (Å²) in [5.41, 5.74) is 0. The van der Waals surface area contributed by atoms with Gasteiger partial charge in [0.1, 0.15) is 0 Å². The summed E-state index contributed by atoms with van der Waals surface area (Å²) in [4.78, 5) is 0. The van der Waals surface area contributed by atoms with Gasteiger partial charge in [-0.1, -0.05) is 0 Å². The van der Waals surface area contributed by atoms with Gasteiger partial charge in [0.15, 0.2) is 0 Å². The summed E-state index contributed by atoms with van der Waals surface area (Å²) < 4.78 is 53.9. The molecule has 1 rings (SSSR count). The van der Waals surface area contributed by atoms with Gasteiger partial charge in [-0.15, -0.1) is 0 Å². The van der Waals surface area contributed by atoms with E-state index in [2.05, 4.69) is 0 Å². The molecule has 3 nitrogen and oxygen atoms in total. The number of halogens is 2. The molecule has 0 aromatic rings. The zero-order valence-corrected chi connectivity index (χ0v) is 9.82. The van der Waals surface area contributed by atoms with Crippen molar-refractivity contribution in [3.8, 4) is 0 Å². The Morgan fingerprint density at radius 3 is 1.82 bits per heavy atom. The van der Waals surface area contributed by atoms with E-state index >= 15 is 0 Å². The van der Waals surface area contributed by atoms with E-state index in [9.17, 15) is 21.8 Å². The van der Waals surface area contributed by atoms with Gasteiger partial charge in [-0.3, -0.25) is 0 Å². The van der Waals surface area contributed by atoms with Crippen LogP contribution in [0.5, 0.6) is 0 Å². The quantitative estimate of drug-likeness (QED) is 0.350. The maximum atomic E-state index is 11.9. The smallest absolute Gasteiger partial charge is 0.748 e. The molecule has 0 bridgehead atoms. The molecule has 0 atom stereocenters. The number of hydrogen-bond acceptors (Lipinski definition) is 3. The molecule has 0 unspecified atom stereocenters. The van der Waals surface area contributed by atoms with Gasteiger partial charge in [-0.05, 0) is 0 Å². The topological polar surface area (TPSA) is 57.2 Å². The van der Waals surface area contributed by atoms with E-state index in [1.54, 1.807) is 0 Å². The molecule has 1 aliphatic rings. The first-order chi connectivity index (χ1) is 4.31. The van der Waals surface area contributed by atoms with Gasteiger partial charge in [0.05, 0.1) is 15.4 Å². The van der Waals surface area contributed by atoms with Crippen LogP contribution in [-0.4, -0.2) is 24.1 Å². The van der Waals surface area contributed by atoms with Crippen LogP contribution in [0.1, 0.15) is 12.8 Å². The van der Waals surface area contributed by atoms with Crippen molar-refractivity contribution in [1.29, 1.82) is 0 Å². The summed E-state index contributed by atoms with van der Waals surface area (Å²) >= 11 is 0. The first-order valence-corrected chi connectivity index (χ1v) is 4.11. The molecule has 60 valence electrons. The molecule has 1 saturated carbocycles. The minimum Gasteiger partial charge on any atom is -0.748 e. The molecular weight excluding hydrogens is 205 g/mol. The Kier molecular flexibility index (Phi) is 4.11. The second-order valence-electron chi connectivity index (χ2n) is 2.38. The maximum absolute atomic E-state index is 11.9. The van der Waals surface area contributed by atoms with Crippen LogP contribution in [-0.2, 0) is 10.1 Å². The van der Waals surface area contributed by atoms with Crippen molar-refractivity contribution in [2.75, 3.05) is 0 Å². The average Bonchev–Trinajstić information content (AvgIpc) is 1.56. The molecule has 0 N–H and O–H groups in total. The summed E-state index contributed by atoms with van der Waals surface area (Å²) in [5, 5.41) is -1.36. The molecule has 0 saturated heterocycles.